The third kappa shape index (κ3) is 3.51. The van der Waals surface area contributed by atoms with E-state index in [9.17, 15) is 4.79 Å². The molecule has 1 heterocycles. The van der Waals surface area contributed by atoms with Gasteiger partial charge in [-0.2, -0.15) is 0 Å². The van der Waals surface area contributed by atoms with Crippen molar-refractivity contribution in [3.05, 3.63) is 46.6 Å². The Morgan fingerprint density at radius 1 is 1.26 bits per heavy atom. The van der Waals surface area contributed by atoms with Crippen molar-refractivity contribution in [1.29, 1.82) is 0 Å². The summed E-state index contributed by atoms with van der Waals surface area (Å²) in [6.07, 6.45) is 0. The fraction of sp³-hybridized carbons (Fsp3) is 0.154. The average molecular weight is 322 g/mol. The fourth-order valence-electron chi connectivity index (χ4n) is 1.39. The molecule has 2 aromatic rings. The Balaban J connectivity index is 2.11. The summed E-state index contributed by atoms with van der Waals surface area (Å²) in [6.45, 7) is 2.39. The number of halogens is 1. The largest absolute Gasteiger partial charge is 0.436 e. The number of nitrogens with zero attached hydrogens (tertiary/aromatic N) is 2. The first kappa shape index (κ1) is 13.5. The van der Waals surface area contributed by atoms with Crippen LogP contribution in [-0.4, -0.2) is 22.6 Å². The molecule has 1 amide bonds. The number of nitrogens with one attached hydrogen (secondary N) is 1. The predicted molar refractivity (Wildman–Crippen MR) is 74.3 cm³/mol. The summed E-state index contributed by atoms with van der Waals surface area (Å²) in [5, 5.41) is 10.3. The lowest BCUT2D eigenvalue weighted by atomic mass is 10.3. The van der Waals surface area contributed by atoms with Crippen LogP contribution in [0.3, 0.4) is 0 Å². The summed E-state index contributed by atoms with van der Waals surface area (Å²) >= 11 is 3.37. The Morgan fingerprint density at radius 3 is 2.68 bits per heavy atom. The molecular weight excluding hydrogens is 310 g/mol. The maximum atomic E-state index is 11.5. The van der Waals surface area contributed by atoms with Gasteiger partial charge in [0.25, 0.3) is 5.91 Å². The van der Waals surface area contributed by atoms with Gasteiger partial charge >= 0.3 is 0 Å². The standard InChI is InChI=1S/C13H12BrN3O2/c1-2-15-13(18)10-7-8-12(17-16-10)19-11-6-4-3-5-9(11)14/h3-8H,2H2,1H3,(H,15,18). The molecule has 0 aliphatic rings. The number of hydrogen-bond acceptors (Lipinski definition) is 4. The summed E-state index contributed by atoms with van der Waals surface area (Å²) in [6, 6.07) is 10.6. The molecule has 2 rings (SSSR count). The molecule has 1 aromatic heterocycles. The molecule has 19 heavy (non-hydrogen) atoms. The maximum Gasteiger partial charge on any atom is 0.271 e. The summed E-state index contributed by atoms with van der Waals surface area (Å²) < 4.78 is 6.38. The topological polar surface area (TPSA) is 64.1 Å². The average Bonchev–Trinajstić information content (AvgIpc) is 2.42. The van der Waals surface area contributed by atoms with Gasteiger partial charge in [-0.3, -0.25) is 4.79 Å². The van der Waals surface area contributed by atoms with E-state index in [2.05, 4.69) is 31.4 Å². The van der Waals surface area contributed by atoms with Gasteiger partial charge in [-0.05, 0) is 41.1 Å². The van der Waals surface area contributed by atoms with E-state index in [-0.39, 0.29) is 11.6 Å². The Kier molecular flexibility index (Phi) is 4.46. The quantitative estimate of drug-likeness (QED) is 0.940. The van der Waals surface area contributed by atoms with Crippen LogP contribution in [0.5, 0.6) is 11.6 Å². The van der Waals surface area contributed by atoms with Crippen molar-refractivity contribution in [2.24, 2.45) is 0 Å². The van der Waals surface area contributed by atoms with Crippen LogP contribution in [0.15, 0.2) is 40.9 Å². The minimum Gasteiger partial charge on any atom is -0.436 e. The van der Waals surface area contributed by atoms with E-state index in [1.807, 2.05) is 31.2 Å². The van der Waals surface area contributed by atoms with Crippen LogP contribution >= 0.6 is 15.9 Å². The second kappa shape index (κ2) is 6.29. The molecule has 0 fully saturated rings. The minimum atomic E-state index is -0.248. The molecule has 1 aromatic carbocycles. The highest BCUT2D eigenvalue weighted by Gasteiger charge is 2.08. The van der Waals surface area contributed by atoms with E-state index in [4.69, 9.17) is 4.74 Å². The first-order chi connectivity index (χ1) is 9.20. The van der Waals surface area contributed by atoms with Gasteiger partial charge in [-0.25, -0.2) is 0 Å². The molecule has 0 saturated carbocycles. The molecule has 0 bridgehead atoms. The smallest absolute Gasteiger partial charge is 0.271 e. The van der Waals surface area contributed by atoms with E-state index in [0.717, 1.165) is 4.47 Å². The molecule has 0 atom stereocenters. The maximum absolute atomic E-state index is 11.5. The molecule has 5 nitrogen and oxygen atoms in total. The molecule has 0 unspecified atom stereocenters. The third-order valence-electron chi connectivity index (χ3n) is 2.26. The van der Waals surface area contributed by atoms with Gasteiger partial charge in [0.2, 0.25) is 5.88 Å². The molecule has 0 aliphatic heterocycles. The minimum absolute atomic E-state index is 0.248. The van der Waals surface area contributed by atoms with Crippen LogP contribution in [0.2, 0.25) is 0 Å². The highest BCUT2D eigenvalue weighted by atomic mass is 79.9. The van der Waals surface area contributed by atoms with Gasteiger partial charge in [0.1, 0.15) is 5.75 Å². The SMILES string of the molecule is CCNC(=O)c1ccc(Oc2ccccc2Br)nn1. The lowest BCUT2D eigenvalue weighted by molar-refractivity contribution is 0.0949. The first-order valence-corrected chi connectivity index (χ1v) is 6.54. The molecule has 0 saturated heterocycles. The Labute approximate surface area is 119 Å². The zero-order chi connectivity index (χ0) is 13.7. The summed E-state index contributed by atoms with van der Waals surface area (Å²) in [5.74, 6) is 0.727. The van der Waals surface area contributed by atoms with Crippen molar-refractivity contribution < 1.29 is 9.53 Å². The number of rotatable bonds is 4. The molecular formula is C13H12BrN3O2. The van der Waals surface area contributed by atoms with E-state index in [0.29, 0.717) is 18.2 Å². The first-order valence-electron chi connectivity index (χ1n) is 5.75. The van der Waals surface area contributed by atoms with Crippen molar-refractivity contribution in [1.82, 2.24) is 15.5 Å². The Hall–Kier alpha value is -1.95. The highest BCUT2D eigenvalue weighted by molar-refractivity contribution is 9.10. The van der Waals surface area contributed by atoms with Crippen LogP contribution < -0.4 is 10.1 Å². The van der Waals surface area contributed by atoms with Crippen molar-refractivity contribution in [3.63, 3.8) is 0 Å². The van der Waals surface area contributed by atoms with Crippen LogP contribution in [0.25, 0.3) is 0 Å². The van der Waals surface area contributed by atoms with Crippen molar-refractivity contribution in [2.75, 3.05) is 6.54 Å². The Bertz CT molecular complexity index is 572. The zero-order valence-corrected chi connectivity index (χ0v) is 11.8. The van der Waals surface area contributed by atoms with Crippen LogP contribution in [-0.2, 0) is 0 Å². The molecule has 0 aliphatic carbocycles. The number of carbonyl (C=O) groups excluding carboxylic acids is 1. The lowest BCUT2D eigenvalue weighted by Crippen LogP contribution is -2.23. The highest BCUT2D eigenvalue weighted by Crippen LogP contribution is 2.27. The third-order valence-corrected chi connectivity index (χ3v) is 2.92. The van der Waals surface area contributed by atoms with Crippen molar-refractivity contribution >= 4 is 21.8 Å². The number of amides is 1. The van der Waals surface area contributed by atoms with Crippen molar-refractivity contribution in [3.8, 4) is 11.6 Å². The summed E-state index contributed by atoms with van der Waals surface area (Å²) in [7, 11) is 0. The van der Waals surface area contributed by atoms with E-state index >= 15 is 0 Å². The van der Waals surface area contributed by atoms with Gasteiger partial charge in [0, 0.05) is 12.6 Å². The molecule has 0 radical (unpaired) electrons. The van der Waals surface area contributed by atoms with Gasteiger partial charge in [0.05, 0.1) is 4.47 Å². The molecule has 0 spiro atoms. The van der Waals surface area contributed by atoms with Gasteiger partial charge in [0.15, 0.2) is 5.69 Å². The van der Waals surface area contributed by atoms with E-state index < -0.39 is 0 Å². The van der Waals surface area contributed by atoms with Crippen LogP contribution in [0, 0.1) is 0 Å². The summed E-state index contributed by atoms with van der Waals surface area (Å²) in [4.78, 5) is 11.5. The monoisotopic (exact) mass is 321 g/mol. The number of aromatic nitrogens is 2. The zero-order valence-electron chi connectivity index (χ0n) is 10.3. The molecule has 98 valence electrons. The second-order valence-electron chi connectivity index (χ2n) is 3.65. The Morgan fingerprint density at radius 2 is 2.05 bits per heavy atom. The lowest BCUT2D eigenvalue weighted by Gasteiger charge is -2.06. The predicted octanol–water partition coefficient (Wildman–Crippen LogP) is 2.78. The number of benzene rings is 1. The normalized spacial score (nSPS) is 10.0. The number of carbonyl (C=O) groups is 1. The van der Waals surface area contributed by atoms with Crippen molar-refractivity contribution in [2.45, 2.75) is 6.92 Å². The summed E-state index contributed by atoms with van der Waals surface area (Å²) in [5.41, 5.74) is 0.265. The molecule has 6 heteroatoms. The van der Waals surface area contributed by atoms with E-state index in [1.165, 1.54) is 0 Å². The van der Waals surface area contributed by atoms with Gasteiger partial charge in [-0.1, -0.05) is 12.1 Å². The number of hydrogen-bond donors (Lipinski definition) is 1. The van der Waals surface area contributed by atoms with Gasteiger partial charge < -0.3 is 10.1 Å². The van der Waals surface area contributed by atoms with Gasteiger partial charge in [-0.15, -0.1) is 10.2 Å². The van der Waals surface area contributed by atoms with Crippen LogP contribution in [0.4, 0.5) is 0 Å². The van der Waals surface area contributed by atoms with E-state index in [1.54, 1.807) is 12.1 Å². The number of para-hydroxylation sites is 1. The fourth-order valence-corrected chi connectivity index (χ4v) is 1.75. The number of ether oxygens (including phenoxy) is 1. The molecule has 1 N–H and O–H groups in total. The second-order valence-corrected chi connectivity index (χ2v) is 4.50. The van der Waals surface area contributed by atoms with Crippen LogP contribution in [0.1, 0.15) is 17.4 Å².